The first-order chi connectivity index (χ1) is 9.02. The predicted molar refractivity (Wildman–Crippen MR) is 73.2 cm³/mol. The summed E-state index contributed by atoms with van der Waals surface area (Å²) in [5.41, 5.74) is 6.53. The van der Waals surface area contributed by atoms with E-state index in [-0.39, 0.29) is 12.5 Å². The smallest absolute Gasteiger partial charge is 0.327 e. The molecule has 0 aliphatic heterocycles. The third kappa shape index (κ3) is 2.94. The number of fused-ring (bicyclic) bond motifs is 1. The molecular formula is C12H14BrN3O3. The Kier molecular flexibility index (Phi) is 4.18. The molecule has 1 atom stereocenters. The highest BCUT2D eigenvalue weighted by Crippen LogP contribution is 2.25. The molecule has 1 aromatic heterocycles. The van der Waals surface area contributed by atoms with Gasteiger partial charge in [-0.05, 0) is 25.1 Å². The van der Waals surface area contributed by atoms with E-state index in [1.165, 1.54) is 4.68 Å². The minimum atomic E-state index is -1.19. The summed E-state index contributed by atoms with van der Waals surface area (Å²) in [6, 6.07) is 5.44. The van der Waals surface area contributed by atoms with Crippen molar-refractivity contribution in [2.75, 3.05) is 6.61 Å². The molecule has 7 heteroatoms. The molecule has 2 aromatic rings. The van der Waals surface area contributed by atoms with Crippen LogP contribution in [0.5, 0.6) is 0 Å². The molecule has 0 aliphatic carbocycles. The number of esters is 1. The quantitative estimate of drug-likeness (QED) is 0.652. The van der Waals surface area contributed by atoms with E-state index in [0.717, 1.165) is 9.99 Å². The Morgan fingerprint density at radius 1 is 1.63 bits per heavy atom. The summed E-state index contributed by atoms with van der Waals surface area (Å²) in [7, 11) is 0. The van der Waals surface area contributed by atoms with Gasteiger partial charge in [0.2, 0.25) is 0 Å². The first kappa shape index (κ1) is 14.0. The molecule has 102 valence electrons. The van der Waals surface area contributed by atoms with Crippen LogP contribution in [0.25, 0.3) is 10.9 Å². The fourth-order valence-corrected chi connectivity index (χ4v) is 2.21. The number of ether oxygens (including phenoxy) is 1. The second-order valence-electron chi connectivity index (χ2n) is 3.95. The van der Waals surface area contributed by atoms with Crippen LogP contribution in [0.1, 0.15) is 18.8 Å². The van der Waals surface area contributed by atoms with Gasteiger partial charge in [0.05, 0.1) is 12.1 Å². The number of benzene rings is 1. The number of nitrogens with zero attached hydrogens (tertiary/aromatic N) is 2. The van der Waals surface area contributed by atoms with Crippen LogP contribution in [0.15, 0.2) is 22.7 Å². The van der Waals surface area contributed by atoms with E-state index in [0.29, 0.717) is 17.7 Å². The van der Waals surface area contributed by atoms with Gasteiger partial charge in [-0.25, -0.2) is 0 Å². The highest BCUT2D eigenvalue weighted by atomic mass is 79.9. The second-order valence-corrected chi connectivity index (χ2v) is 4.87. The number of nitrogens with two attached hydrogens (primary N) is 1. The molecule has 1 heterocycles. The van der Waals surface area contributed by atoms with Gasteiger partial charge in [0.1, 0.15) is 18.5 Å². The van der Waals surface area contributed by atoms with Crippen LogP contribution in [0.4, 0.5) is 0 Å². The number of carbonyl (C=O) groups excluding carboxylic acids is 1. The van der Waals surface area contributed by atoms with Crippen molar-refractivity contribution in [1.29, 1.82) is 0 Å². The highest BCUT2D eigenvalue weighted by molar-refractivity contribution is 9.10. The molecule has 0 spiro atoms. The fourth-order valence-electron chi connectivity index (χ4n) is 1.84. The predicted octanol–water partition coefficient (Wildman–Crippen LogP) is 1.31. The average Bonchev–Trinajstić information content (AvgIpc) is 2.67. The van der Waals surface area contributed by atoms with Crippen LogP contribution >= 0.6 is 15.9 Å². The van der Waals surface area contributed by atoms with E-state index in [1.54, 1.807) is 19.1 Å². The van der Waals surface area contributed by atoms with Crippen molar-refractivity contribution in [2.45, 2.75) is 19.7 Å². The number of aromatic nitrogens is 2. The normalized spacial score (nSPS) is 12.6. The largest absolute Gasteiger partial charge is 0.465 e. The third-order valence-corrected chi connectivity index (χ3v) is 3.10. The van der Waals surface area contributed by atoms with Crippen LogP contribution in [0.2, 0.25) is 0 Å². The SMILES string of the molecule is CCOC(=O)Cn1nc(C(N)O)c2cc(Br)ccc21. The second kappa shape index (κ2) is 5.68. The van der Waals surface area contributed by atoms with Crippen molar-refractivity contribution in [3.63, 3.8) is 0 Å². The van der Waals surface area contributed by atoms with E-state index < -0.39 is 6.23 Å². The Morgan fingerprint density at radius 3 is 3.00 bits per heavy atom. The van der Waals surface area contributed by atoms with Gasteiger partial charge in [-0.1, -0.05) is 15.9 Å². The van der Waals surface area contributed by atoms with Crippen LogP contribution < -0.4 is 5.73 Å². The number of aliphatic hydroxyl groups excluding tert-OH is 1. The molecule has 0 aliphatic rings. The standard InChI is InChI=1S/C12H14BrN3O3/c1-2-19-10(17)6-16-9-4-3-7(13)5-8(9)11(15-16)12(14)18/h3-5,12,18H,2,6,14H2,1H3. The number of aliphatic hydroxyl groups is 1. The molecule has 3 N–H and O–H groups in total. The molecule has 1 unspecified atom stereocenters. The number of halogens is 1. The molecule has 19 heavy (non-hydrogen) atoms. The molecule has 0 amide bonds. The first-order valence-electron chi connectivity index (χ1n) is 5.78. The van der Waals surface area contributed by atoms with E-state index >= 15 is 0 Å². The van der Waals surface area contributed by atoms with Gasteiger partial charge in [-0.3, -0.25) is 9.48 Å². The highest BCUT2D eigenvalue weighted by Gasteiger charge is 2.17. The molecule has 0 bridgehead atoms. The summed E-state index contributed by atoms with van der Waals surface area (Å²) in [5, 5.41) is 14.4. The van der Waals surface area contributed by atoms with Gasteiger partial charge in [0.25, 0.3) is 0 Å². The van der Waals surface area contributed by atoms with Crippen LogP contribution in [-0.4, -0.2) is 27.5 Å². The topological polar surface area (TPSA) is 90.4 Å². The van der Waals surface area contributed by atoms with Crippen molar-refractivity contribution in [3.05, 3.63) is 28.4 Å². The zero-order chi connectivity index (χ0) is 14.0. The van der Waals surface area contributed by atoms with Gasteiger partial charge in [0.15, 0.2) is 0 Å². The monoisotopic (exact) mass is 327 g/mol. The zero-order valence-corrected chi connectivity index (χ0v) is 11.9. The third-order valence-electron chi connectivity index (χ3n) is 2.61. The Balaban J connectivity index is 2.47. The number of rotatable bonds is 4. The summed E-state index contributed by atoms with van der Waals surface area (Å²) in [4.78, 5) is 11.5. The molecule has 1 aromatic carbocycles. The lowest BCUT2D eigenvalue weighted by atomic mass is 10.2. The lowest BCUT2D eigenvalue weighted by Gasteiger charge is -2.03. The van der Waals surface area contributed by atoms with Crippen molar-refractivity contribution in [1.82, 2.24) is 9.78 Å². The summed E-state index contributed by atoms with van der Waals surface area (Å²) in [6.45, 7) is 2.04. The molecular weight excluding hydrogens is 314 g/mol. The summed E-state index contributed by atoms with van der Waals surface area (Å²) >= 11 is 3.35. The Morgan fingerprint density at radius 2 is 2.37 bits per heavy atom. The van der Waals surface area contributed by atoms with Crippen LogP contribution in [-0.2, 0) is 16.1 Å². The van der Waals surface area contributed by atoms with Crippen molar-refractivity contribution < 1.29 is 14.6 Å². The Labute approximate surface area is 118 Å². The molecule has 6 nitrogen and oxygen atoms in total. The van der Waals surface area contributed by atoms with Gasteiger partial charge in [0, 0.05) is 9.86 Å². The molecule has 0 saturated carbocycles. The van der Waals surface area contributed by atoms with Crippen LogP contribution in [0, 0.1) is 0 Å². The maximum absolute atomic E-state index is 11.5. The van der Waals surface area contributed by atoms with E-state index in [2.05, 4.69) is 21.0 Å². The van der Waals surface area contributed by atoms with Gasteiger partial charge >= 0.3 is 5.97 Å². The van der Waals surface area contributed by atoms with E-state index in [1.807, 2.05) is 6.07 Å². The minimum absolute atomic E-state index is 0.0152. The lowest BCUT2D eigenvalue weighted by Crippen LogP contribution is -2.15. The maximum Gasteiger partial charge on any atom is 0.327 e. The van der Waals surface area contributed by atoms with Crippen LogP contribution in [0.3, 0.4) is 0 Å². The Bertz CT molecular complexity index is 610. The maximum atomic E-state index is 11.5. The fraction of sp³-hybridized carbons (Fsp3) is 0.333. The van der Waals surface area contributed by atoms with Crippen molar-refractivity contribution in [2.24, 2.45) is 5.73 Å². The van der Waals surface area contributed by atoms with Gasteiger partial charge in [-0.15, -0.1) is 0 Å². The van der Waals surface area contributed by atoms with E-state index in [4.69, 9.17) is 10.5 Å². The van der Waals surface area contributed by atoms with Gasteiger partial charge in [-0.2, -0.15) is 5.10 Å². The number of hydrogen-bond acceptors (Lipinski definition) is 5. The molecule has 2 rings (SSSR count). The van der Waals surface area contributed by atoms with E-state index in [9.17, 15) is 9.90 Å². The number of hydrogen-bond donors (Lipinski definition) is 2. The molecule has 0 saturated heterocycles. The van der Waals surface area contributed by atoms with Gasteiger partial charge < -0.3 is 15.6 Å². The summed E-state index contributed by atoms with van der Waals surface area (Å²) in [5.74, 6) is -0.382. The summed E-state index contributed by atoms with van der Waals surface area (Å²) in [6.07, 6.45) is -1.19. The van der Waals surface area contributed by atoms with Crippen molar-refractivity contribution >= 4 is 32.8 Å². The number of carbonyl (C=O) groups is 1. The Hall–Kier alpha value is -1.44. The summed E-state index contributed by atoms with van der Waals surface area (Å²) < 4.78 is 7.21. The zero-order valence-electron chi connectivity index (χ0n) is 10.3. The average molecular weight is 328 g/mol. The lowest BCUT2D eigenvalue weighted by molar-refractivity contribution is -0.143. The minimum Gasteiger partial charge on any atom is -0.465 e. The van der Waals surface area contributed by atoms with Crippen molar-refractivity contribution in [3.8, 4) is 0 Å². The first-order valence-corrected chi connectivity index (χ1v) is 6.57. The molecule has 0 fully saturated rings. The molecule has 0 radical (unpaired) electrons.